The summed E-state index contributed by atoms with van der Waals surface area (Å²) in [6.07, 6.45) is 0. The van der Waals surface area contributed by atoms with Gasteiger partial charge in [-0.1, -0.05) is 30.3 Å². The Morgan fingerprint density at radius 3 is 2.09 bits per heavy atom. The maximum absolute atomic E-state index is 12.5. The van der Waals surface area contributed by atoms with Gasteiger partial charge in [0, 0.05) is 11.3 Å². The Labute approximate surface area is 193 Å². The van der Waals surface area contributed by atoms with Crippen molar-refractivity contribution in [1.82, 2.24) is 4.98 Å². The van der Waals surface area contributed by atoms with Crippen molar-refractivity contribution in [3.05, 3.63) is 70.2 Å². The molecule has 3 rings (SSSR count). The highest BCUT2D eigenvalue weighted by Crippen LogP contribution is 2.28. The number of carbonyl (C=O) groups is 4. The number of aromatic nitrogens is 1. The molecule has 170 valence electrons. The van der Waals surface area contributed by atoms with Gasteiger partial charge in [-0.15, -0.1) is 11.3 Å². The lowest BCUT2D eigenvalue weighted by Gasteiger charge is -2.10. The van der Waals surface area contributed by atoms with Gasteiger partial charge >= 0.3 is 17.9 Å². The number of aryl methyl sites for hydroxylation is 1. The fraction of sp³-hybridized carbons (Fsp3) is 0.174. The summed E-state index contributed by atoms with van der Waals surface area (Å²) >= 11 is 1.17. The number of nitrogens with zero attached hydrogens (tertiary/aromatic N) is 1. The average molecular weight is 468 g/mol. The van der Waals surface area contributed by atoms with Crippen LogP contribution in [0.15, 0.2) is 48.5 Å². The third kappa shape index (κ3) is 5.80. The third-order valence-corrected chi connectivity index (χ3v) is 5.58. The number of amides is 1. The smallest absolute Gasteiger partial charge is 0.350 e. The largest absolute Gasteiger partial charge is 0.465 e. The molecule has 10 heteroatoms. The number of hydrogen-bond acceptors (Lipinski definition) is 9. The first kappa shape index (κ1) is 23.6. The average Bonchev–Trinajstić information content (AvgIpc) is 3.23. The normalized spacial score (nSPS) is 10.3. The third-order valence-electron chi connectivity index (χ3n) is 4.40. The number of benzene rings is 2. The summed E-state index contributed by atoms with van der Waals surface area (Å²) in [6, 6.07) is 13.3. The topological polar surface area (TPSA) is 121 Å². The number of esters is 3. The predicted molar refractivity (Wildman–Crippen MR) is 120 cm³/mol. The molecule has 33 heavy (non-hydrogen) atoms. The van der Waals surface area contributed by atoms with E-state index in [4.69, 9.17) is 4.74 Å². The highest BCUT2D eigenvalue weighted by atomic mass is 32.1. The van der Waals surface area contributed by atoms with Crippen LogP contribution in [0.2, 0.25) is 0 Å². The van der Waals surface area contributed by atoms with Crippen molar-refractivity contribution in [2.45, 2.75) is 6.92 Å². The van der Waals surface area contributed by atoms with Gasteiger partial charge < -0.3 is 19.5 Å². The van der Waals surface area contributed by atoms with Crippen LogP contribution in [-0.2, 0) is 19.0 Å². The van der Waals surface area contributed by atoms with Crippen LogP contribution in [0.4, 0.5) is 5.69 Å². The van der Waals surface area contributed by atoms with E-state index in [0.29, 0.717) is 15.6 Å². The fourth-order valence-corrected chi connectivity index (χ4v) is 3.82. The van der Waals surface area contributed by atoms with Gasteiger partial charge in [0.15, 0.2) is 6.61 Å². The zero-order valence-electron chi connectivity index (χ0n) is 18.0. The Kier molecular flexibility index (Phi) is 7.52. The van der Waals surface area contributed by atoms with Crippen molar-refractivity contribution in [3.63, 3.8) is 0 Å². The van der Waals surface area contributed by atoms with Gasteiger partial charge in [-0.25, -0.2) is 19.4 Å². The van der Waals surface area contributed by atoms with Crippen LogP contribution in [0.3, 0.4) is 0 Å². The minimum atomic E-state index is -0.697. The van der Waals surface area contributed by atoms with Gasteiger partial charge in [-0.2, -0.15) is 0 Å². The van der Waals surface area contributed by atoms with Crippen LogP contribution in [0.25, 0.3) is 10.6 Å². The number of rotatable bonds is 7. The summed E-state index contributed by atoms with van der Waals surface area (Å²) in [4.78, 5) is 53.2. The molecule has 9 nitrogen and oxygen atoms in total. The van der Waals surface area contributed by atoms with E-state index in [0.717, 1.165) is 5.56 Å². The fourth-order valence-electron chi connectivity index (χ4n) is 2.85. The van der Waals surface area contributed by atoms with Crippen molar-refractivity contribution >= 4 is 40.8 Å². The molecule has 0 unspecified atom stereocenters. The highest BCUT2D eigenvalue weighted by molar-refractivity contribution is 7.17. The molecule has 0 bridgehead atoms. The second-order valence-electron chi connectivity index (χ2n) is 6.71. The standard InChI is InChI=1S/C23H20N2O7S/c1-13-19(33-20(24-13)14-7-5-4-6-8-14)23(29)32-12-18(26)25-17-10-15(21(27)30-2)9-16(11-17)22(28)31-3/h4-11H,12H2,1-3H3,(H,25,26). The highest BCUT2D eigenvalue weighted by Gasteiger charge is 2.19. The molecule has 0 aliphatic carbocycles. The van der Waals surface area contributed by atoms with E-state index in [9.17, 15) is 19.2 Å². The summed E-state index contributed by atoms with van der Waals surface area (Å²) in [6.45, 7) is 1.11. The Morgan fingerprint density at radius 1 is 0.909 bits per heavy atom. The first-order chi connectivity index (χ1) is 15.8. The lowest BCUT2D eigenvalue weighted by molar-refractivity contribution is -0.119. The van der Waals surface area contributed by atoms with Gasteiger partial charge in [-0.05, 0) is 25.1 Å². The molecule has 0 aliphatic heterocycles. The van der Waals surface area contributed by atoms with E-state index in [-0.39, 0.29) is 16.8 Å². The first-order valence-electron chi connectivity index (χ1n) is 9.64. The molecule has 1 heterocycles. The zero-order chi connectivity index (χ0) is 24.0. The molecule has 0 atom stereocenters. The summed E-state index contributed by atoms with van der Waals surface area (Å²) in [7, 11) is 2.38. The maximum Gasteiger partial charge on any atom is 0.350 e. The van der Waals surface area contributed by atoms with E-state index in [1.807, 2.05) is 30.3 Å². The zero-order valence-corrected chi connectivity index (χ0v) is 18.9. The molecule has 0 fully saturated rings. The molecule has 1 amide bonds. The summed E-state index contributed by atoms with van der Waals surface area (Å²) in [5, 5.41) is 3.16. The van der Waals surface area contributed by atoms with Crippen molar-refractivity contribution < 1.29 is 33.4 Å². The van der Waals surface area contributed by atoms with E-state index in [1.165, 1.54) is 43.8 Å². The molecule has 0 radical (unpaired) electrons. The molecule has 2 aromatic carbocycles. The monoisotopic (exact) mass is 468 g/mol. The van der Waals surface area contributed by atoms with Crippen molar-refractivity contribution in [2.24, 2.45) is 0 Å². The van der Waals surface area contributed by atoms with Crippen LogP contribution in [0.5, 0.6) is 0 Å². The summed E-state index contributed by atoms with van der Waals surface area (Å²) in [5.41, 5.74) is 1.59. The van der Waals surface area contributed by atoms with E-state index >= 15 is 0 Å². The Bertz CT molecular complexity index is 1170. The predicted octanol–water partition coefficient (Wildman–Crippen LogP) is 3.49. The van der Waals surface area contributed by atoms with E-state index in [1.54, 1.807) is 6.92 Å². The number of hydrogen-bond donors (Lipinski definition) is 1. The quantitative estimate of drug-likeness (QED) is 0.413. The molecular formula is C23H20N2O7S. The van der Waals surface area contributed by atoms with Gasteiger partial charge in [0.1, 0.15) is 9.88 Å². The van der Waals surface area contributed by atoms with Gasteiger partial charge in [0.2, 0.25) is 0 Å². The molecule has 0 aliphatic rings. The molecule has 3 aromatic rings. The molecule has 0 saturated heterocycles. The lowest BCUT2D eigenvalue weighted by atomic mass is 10.1. The van der Waals surface area contributed by atoms with Gasteiger partial charge in [-0.3, -0.25) is 4.79 Å². The number of thiazole rings is 1. The van der Waals surface area contributed by atoms with Gasteiger partial charge in [0.25, 0.3) is 5.91 Å². The SMILES string of the molecule is COC(=O)c1cc(NC(=O)COC(=O)c2sc(-c3ccccc3)nc2C)cc(C(=O)OC)c1. The van der Waals surface area contributed by atoms with E-state index < -0.39 is 30.4 Å². The van der Waals surface area contributed by atoms with Crippen molar-refractivity contribution in [3.8, 4) is 10.6 Å². The summed E-state index contributed by atoms with van der Waals surface area (Å²) in [5.74, 6) is -2.73. The van der Waals surface area contributed by atoms with Crippen LogP contribution >= 0.6 is 11.3 Å². The minimum absolute atomic E-state index is 0.0430. The number of carbonyl (C=O) groups excluding carboxylic acids is 4. The number of ether oxygens (including phenoxy) is 3. The molecule has 1 aromatic heterocycles. The van der Waals surface area contributed by atoms with Crippen molar-refractivity contribution in [1.29, 1.82) is 0 Å². The number of nitrogens with one attached hydrogen (secondary N) is 1. The number of anilines is 1. The molecule has 1 N–H and O–H groups in total. The molecular weight excluding hydrogens is 448 g/mol. The second kappa shape index (κ2) is 10.5. The van der Waals surface area contributed by atoms with Crippen LogP contribution in [0.1, 0.15) is 36.1 Å². The number of methoxy groups -OCH3 is 2. The van der Waals surface area contributed by atoms with Crippen molar-refractivity contribution in [2.75, 3.05) is 26.1 Å². The molecule has 0 spiro atoms. The lowest BCUT2D eigenvalue weighted by Crippen LogP contribution is -2.21. The second-order valence-corrected chi connectivity index (χ2v) is 7.71. The Balaban J connectivity index is 1.68. The van der Waals surface area contributed by atoms with E-state index in [2.05, 4.69) is 19.8 Å². The maximum atomic E-state index is 12.5. The summed E-state index contributed by atoms with van der Waals surface area (Å²) < 4.78 is 14.4. The first-order valence-corrected chi connectivity index (χ1v) is 10.5. The Morgan fingerprint density at radius 2 is 1.52 bits per heavy atom. The Hall–Kier alpha value is -4.05. The van der Waals surface area contributed by atoms with Crippen LogP contribution < -0.4 is 5.32 Å². The van der Waals surface area contributed by atoms with Crippen LogP contribution in [0, 0.1) is 6.92 Å². The van der Waals surface area contributed by atoms with Gasteiger partial charge in [0.05, 0.1) is 31.0 Å². The molecule has 0 saturated carbocycles. The minimum Gasteiger partial charge on any atom is -0.465 e. The van der Waals surface area contributed by atoms with Crippen LogP contribution in [-0.4, -0.2) is 49.6 Å².